The first-order valence-corrected chi connectivity index (χ1v) is 9.66. The van der Waals surface area contributed by atoms with Gasteiger partial charge in [0.25, 0.3) is 5.91 Å². The number of carbonyl (C=O) groups excluding carboxylic acids is 1. The van der Waals surface area contributed by atoms with E-state index in [1.54, 1.807) is 0 Å². The minimum absolute atomic E-state index is 0.0652. The maximum atomic E-state index is 12.3. The molecule has 0 spiro atoms. The van der Waals surface area contributed by atoms with Crippen molar-refractivity contribution in [2.45, 2.75) is 76.5 Å². The third-order valence-corrected chi connectivity index (χ3v) is 5.53. The SMILES string of the molecule is CC(C)(C)NC(=O)c1ccc(C2(O)CCCC(N3CCCC3)C2)cc1. The van der Waals surface area contributed by atoms with Crippen molar-refractivity contribution in [3.05, 3.63) is 35.4 Å². The van der Waals surface area contributed by atoms with E-state index < -0.39 is 5.60 Å². The third-order valence-electron chi connectivity index (χ3n) is 5.53. The van der Waals surface area contributed by atoms with Crippen molar-refractivity contribution < 1.29 is 9.90 Å². The first-order chi connectivity index (χ1) is 11.8. The molecular formula is C21H32N2O2. The molecule has 4 heteroatoms. The Labute approximate surface area is 151 Å². The summed E-state index contributed by atoms with van der Waals surface area (Å²) < 4.78 is 0. The van der Waals surface area contributed by atoms with Crippen molar-refractivity contribution in [3.63, 3.8) is 0 Å². The highest BCUT2D eigenvalue weighted by molar-refractivity contribution is 5.94. The van der Waals surface area contributed by atoms with Gasteiger partial charge in [-0.25, -0.2) is 0 Å². The second kappa shape index (κ2) is 7.08. The van der Waals surface area contributed by atoms with Crippen LogP contribution in [0.3, 0.4) is 0 Å². The summed E-state index contributed by atoms with van der Waals surface area (Å²) in [5.41, 5.74) is 0.586. The summed E-state index contributed by atoms with van der Waals surface area (Å²) in [4.78, 5) is 14.8. The van der Waals surface area contributed by atoms with Gasteiger partial charge in [-0.1, -0.05) is 12.1 Å². The molecule has 1 aliphatic carbocycles. The summed E-state index contributed by atoms with van der Waals surface area (Å²) in [7, 11) is 0. The van der Waals surface area contributed by atoms with Crippen molar-refractivity contribution in [3.8, 4) is 0 Å². The van der Waals surface area contributed by atoms with Gasteiger partial charge in [0.05, 0.1) is 5.60 Å². The Balaban J connectivity index is 1.71. The van der Waals surface area contributed by atoms with E-state index >= 15 is 0 Å². The van der Waals surface area contributed by atoms with Crippen LogP contribution >= 0.6 is 0 Å². The smallest absolute Gasteiger partial charge is 0.251 e. The Hall–Kier alpha value is -1.39. The Morgan fingerprint density at radius 1 is 1.16 bits per heavy atom. The van der Waals surface area contributed by atoms with Gasteiger partial charge in [-0.2, -0.15) is 0 Å². The predicted molar refractivity (Wildman–Crippen MR) is 101 cm³/mol. The van der Waals surface area contributed by atoms with Crippen LogP contribution in [0.5, 0.6) is 0 Å². The van der Waals surface area contributed by atoms with Gasteiger partial charge in [-0.3, -0.25) is 4.79 Å². The molecule has 0 aromatic heterocycles. The number of amides is 1. The largest absolute Gasteiger partial charge is 0.385 e. The summed E-state index contributed by atoms with van der Waals surface area (Å²) in [6.07, 6.45) is 6.43. The fourth-order valence-electron chi connectivity index (χ4n) is 4.25. The molecule has 1 aromatic rings. The van der Waals surface area contributed by atoms with E-state index in [9.17, 15) is 9.90 Å². The maximum absolute atomic E-state index is 12.3. The summed E-state index contributed by atoms with van der Waals surface area (Å²) in [5.74, 6) is -0.0652. The molecule has 1 heterocycles. The van der Waals surface area contributed by atoms with E-state index in [0.717, 1.165) is 24.8 Å². The minimum Gasteiger partial charge on any atom is -0.385 e. The second-order valence-electron chi connectivity index (χ2n) is 8.81. The van der Waals surface area contributed by atoms with Crippen LogP contribution in [-0.4, -0.2) is 40.6 Å². The molecule has 0 radical (unpaired) electrons. The predicted octanol–water partition coefficient (Wildman–Crippen LogP) is 3.44. The van der Waals surface area contributed by atoms with Crippen molar-refractivity contribution >= 4 is 5.91 Å². The molecule has 2 atom stereocenters. The lowest BCUT2D eigenvalue weighted by molar-refractivity contribution is -0.0319. The van der Waals surface area contributed by atoms with E-state index in [1.807, 2.05) is 45.0 Å². The lowest BCUT2D eigenvalue weighted by Crippen LogP contribution is -2.43. The molecule has 1 aliphatic heterocycles. The summed E-state index contributed by atoms with van der Waals surface area (Å²) in [5, 5.41) is 14.2. The molecule has 2 unspecified atom stereocenters. The van der Waals surface area contributed by atoms with Gasteiger partial charge in [0.1, 0.15) is 0 Å². The topological polar surface area (TPSA) is 52.6 Å². The van der Waals surface area contributed by atoms with Crippen LogP contribution in [-0.2, 0) is 5.60 Å². The molecule has 2 fully saturated rings. The number of nitrogens with zero attached hydrogens (tertiary/aromatic N) is 1. The van der Waals surface area contributed by atoms with Crippen LogP contribution in [0.1, 0.15) is 75.2 Å². The minimum atomic E-state index is -0.759. The van der Waals surface area contributed by atoms with Gasteiger partial charge in [0.15, 0.2) is 0 Å². The number of carbonyl (C=O) groups is 1. The zero-order chi connectivity index (χ0) is 18.1. The van der Waals surface area contributed by atoms with E-state index in [1.165, 1.54) is 32.4 Å². The summed E-state index contributed by atoms with van der Waals surface area (Å²) in [6, 6.07) is 8.04. The van der Waals surface area contributed by atoms with E-state index in [2.05, 4.69) is 10.2 Å². The molecule has 2 N–H and O–H groups in total. The quantitative estimate of drug-likeness (QED) is 0.883. The number of hydrogen-bond acceptors (Lipinski definition) is 3. The zero-order valence-electron chi connectivity index (χ0n) is 15.8. The number of hydrogen-bond donors (Lipinski definition) is 2. The van der Waals surface area contributed by atoms with Crippen molar-refractivity contribution in [1.29, 1.82) is 0 Å². The van der Waals surface area contributed by atoms with Crippen LogP contribution in [0.25, 0.3) is 0 Å². The highest BCUT2D eigenvalue weighted by atomic mass is 16.3. The normalized spacial score (nSPS) is 28.1. The molecule has 138 valence electrons. The highest BCUT2D eigenvalue weighted by Gasteiger charge is 2.38. The average Bonchev–Trinajstić information content (AvgIpc) is 3.08. The molecule has 4 nitrogen and oxygen atoms in total. The average molecular weight is 344 g/mol. The number of benzene rings is 1. The summed E-state index contributed by atoms with van der Waals surface area (Å²) in [6.45, 7) is 8.27. The van der Waals surface area contributed by atoms with Crippen LogP contribution in [0.2, 0.25) is 0 Å². The van der Waals surface area contributed by atoms with Gasteiger partial charge in [0.2, 0.25) is 0 Å². The fraction of sp³-hybridized carbons (Fsp3) is 0.667. The van der Waals surface area contributed by atoms with Gasteiger partial charge in [0, 0.05) is 17.1 Å². The molecule has 1 saturated carbocycles. The highest BCUT2D eigenvalue weighted by Crippen LogP contribution is 2.39. The third kappa shape index (κ3) is 4.42. The van der Waals surface area contributed by atoms with Gasteiger partial charge < -0.3 is 15.3 Å². The van der Waals surface area contributed by atoms with Gasteiger partial charge in [-0.05, 0) is 90.1 Å². The van der Waals surface area contributed by atoms with E-state index in [0.29, 0.717) is 11.6 Å². The molecule has 2 aliphatic rings. The maximum Gasteiger partial charge on any atom is 0.251 e. The number of likely N-dealkylation sites (tertiary alicyclic amines) is 1. The Bertz CT molecular complexity index is 599. The van der Waals surface area contributed by atoms with Crippen molar-refractivity contribution in [1.82, 2.24) is 10.2 Å². The Kier molecular flexibility index (Phi) is 5.21. The van der Waals surface area contributed by atoms with Crippen LogP contribution in [0.4, 0.5) is 0 Å². The van der Waals surface area contributed by atoms with Crippen LogP contribution in [0.15, 0.2) is 24.3 Å². The van der Waals surface area contributed by atoms with E-state index in [4.69, 9.17) is 0 Å². The van der Waals surface area contributed by atoms with Gasteiger partial charge in [-0.15, -0.1) is 0 Å². The molecule has 0 bridgehead atoms. The number of rotatable bonds is 3. The fourth-order valence-corrected chi connectivity index (χ4v) is 4.25. The van der Waals surface area contributed by atoms with Crippen molar-refractivity contribution in [2.75, 3.05) is 13.1 Å². The Morgan fingerprint density at radius 3 is 2.40 bits per heavy atom. The second-order valence-corrected chi connectivity index (χ2v) is 8.81. The number of nitrogens with one attached hydrogen (secondary N) is 1. The molecule has 1 aromatic carbocycles. The molecule has 1 amide bonds. The first kappa shape index (κ1) is 18.4. The number of aliphatic hydroxyl groups is 1. The van der Waals surface area contributed by atoms with Crippen LogP contribution < -0.4 is 5.32 Å². The molecule has 3 rings (SSSR count). The van der Waals surface area contributed by atoms with Gasteiger partial charge >= 0.3 is 0 Å². The lowest BCUT2D eigenvalue weighted by Gasteiger charge is -2.41. The van der Waals surface area contributed by atoms with Crippen LogP contribution in [0, 0.1) is 0 Å². The lowest BCUT2D eigenvalue weighted by atomic mass is 9.76. The molecular weight excluding hydrogens is 312 g/mol. The monoisotopic (exact) mass is 344 g/mol. The standard InChI is InChI=1S/C21H32N2O2/c1-20(2,3)22-19(24)16-8-10-17(11-9-16)21(25)12-6-7-18(15-21)23-13-4-5-14-23/h8-11,18,25H,4-7,12-15H2,1-3H3,(H,22,24). The first-order valence-electron chi connectivity index (χ1n) is 9.66. The van der Waals surface area contributed by atoms with Crippen molar-refractivity contribution in [2.24, 2.45) is 0 Å². The van der Waals surface area contributed by atoms with E-state index in [-0.39, 0.29) is 11.4 Å². The Morgan fingerprint density at radius 2 is 1.80 bits per heavy atom. The summed E-state index contributed by atoms with van der Waals surface area (Å²) >= 11 is 0. The zero-order valence-corrected chi connectivity index (χ0v) is 15.8. The molecule has 25 heavy (non-hydrogen) atoms. The molecule has 1 saturated heterocycles.